The number of carboxylic acid groups (broad SMARTS) is 1. The fourth-order valence-corrected chi connectivity index (χ4v) is 3.82. The van der Waals surface area contributed by atoms with Crippen molar-refractivity contribution in [2.45, 2.75) is 13.8 Å². The van der Waals surface area contributed by atoms with Crippen LogP contribution in [0, 0.1) is 18.8 Å². The van der Waals surface area contributed by atoms with Gasteiger partial charge in [-0.05, 0) is 56.5 Å². The lowest BCUT2D eigenvalue weighted by Crippen LogP contribution is -2.54. The molecule has 2 amide bonds. The molecule has 1 aliphatic rings. The number of likely N-dealkylation sites (tertiary alicyclic amines) is 1. The summed E-state index contributed by atoms with van der Waals surface area (Å²) in [5, 5.41) is 11.8. The average molecular weight is 420 g/mol. The number of rotatable bonds is 3. The Morgan fingerprint density at radius 2 is 1.86 bits per heavy atom. The Bertz CT molecular complexity index is 563. The molecule has 1 aromatic carbocycles. The fourth-order valence-electron chi connectivity index (χ4n) is 2.20. The summed E-state index contributed by atoms with van der Waals surface area (Å²) in [7, 11) is 0. The first-order valence-corrected chi connectivity index (χ1v) is 8.12. The Labute approximate surface area is 140 Å². The van der Waals surface area contributed by atoms with Crippen molar-refractivity contribution in [1.82, 2.24) is 4.90 Å². The summed E-state index contributed by atoms with van der Waals surface area (Å²) in [4.78, 5) is 24.7. The van der Waals surface area contributed by atoms with E-state index in [1.165, 1.54) is 0 Å². The number of carbonyl (C=O) groups excluding carboxylic acids is 1. The molecule has 1 unspecified atom stereocenters. The summed E-state index contributed by atoms with van der Waals surface area (Å²) in [6.07, 6.45) is 0. The quantitative estimate of drug-likeness (QED) is 0.784. The second kappa shape index (κ2) is 6.36. The van der Waals surface area contributed by atoms with Crippen molar-refractivity contribution in [3.8, 4) is 0 Å². The van der Waals surface area contributed by atoms with Gasteiger partial charge in [-0.2, -0.15) is 0 Å². The number of hydrogen-bond acceptors (Lipinski definition) is 2. The minimum atomic E-state index is -0.816. The molecule has 1 aromatic rings. The number of carboxylic acids is 1. The van der Waals surface area contributed by atoms with Crippen LogP contribution in [0.2, 0.25) is 0 Å². The van der Waals surface area contributed by atoms with Crippen molar-refractivity contribution in [3.05, 3.63) is 26.6 Å². The summed E-state index contributed by atoms with van der Waals surface area (Å²) in [6.45, 7) is 4.59. The number of anilines is 1. The minimum absolute atomic E-state index is 0.0261. The van der Waals surface area contributed by atoms with Gasteiger partial charge in [0.2, 0.25) is 0 Å². The van der Waals surface area contributed by atoms with Gasteiger partial charge in [-0.25, -0.2) is 4.79 Å². The van der Waals surface area contributed by atoms with Gasteiger partial charge in [-0.1, -0.05) is 6.92 Å². The maximum Gasteiger partial charge on any atom is 0.321 e. The normalized spacial score (nSPS) is 16.3. The number of urea groups is 1. The first-order chi connectivity index (χ1) is 9.79. The molecule has 0 spiro atoms. The number of halogens is 2. The van der Waals surface area contributed by atoms with Crippen LogP contribution in [0.15, 0.2) is 21.1 Å². The predicted molar refractivity (Wildman–Crippen MR) is 87.5 cm³/mol. The zero-order valence-corrected chi connectivity index (χ0v) is 14.9. The monoisotopic (exact) mass is 418 g/mol. The van der Waals surface area contributed by atoms with Crippen LogP contribution >= 0.6 is 31.9 Å². The predicted octanol–water partition coefficient (Wildman–Crippen LogP) is 3.70. The van der Waals surface area contributed by atoms with Crippen molar-refractivity contribution in [2.75, 3.05) is 18.4 Å². The van der Waals surface area contributed by atoms with Crippen LogP contribution in [0.3, 0.4) is 0 Å². The molecule has 5 nitrogen and oxygen atoms in total. The minimum Gasteiger partial charge on any atom is -0.481 e. The molecule has 0 aromatic heterocycles. The highest BCUT2D eigenvalue weighted by molar-refractivity contribution is 9.11. The van der Waals surface area contributed by atoms with E-state index in [1.54, 1.807) is 11.8 Å². The second-order valence-electron chi connectivity index (χ2n) is 5.33. The zero-order valence-electron chi connectivity index (χ0n) is 11.7. The zero-order chi connectivity index (χ0) is 15.7. The first-order valence-electron chi connectivity index (χ1n) is 6.54. The standard InChI is InChI=1S/C14H16Br2N2O3/c1-7-3-10(15)12(11(16)4-7)17-14(21)18-5-9(6-18)8(2)13(19)20/h3-4,8-9H,5-6H2,1-2H3,(H,17,21)(H,19,20). The molecule has 1 atom stereocenters. The van der Waals surface area contributed by atoms with Crippen LogP contribution in [0.5, 0.6) is 0 Å². The van der Waals surface area contributed by atoms with E-state index in [0.29, 0.717) is 18.8 Å². The molecular formula is C14H16Br2N2O3. The van der Waals surface area contributed by atoms with Crippen LogP contribution in [0.1, 0.15) is 12.5 Å². The smallest absolute Gasteiger partial charge is 0.321 e. The molecule has 0 radical (unpaired) electrons. The summed E-state index contributed by atoms with van der Waals surface area (Å²) in [5.74, 6) is -1.21. The molecule has 0 aliphatic carbocycles. The molecule has 2 N–H and O–H groups in total. The van der Waals surface area contributed by atoms with Crippen LogP contribution in [0.25, 0.3) is 0 Å². The SMILES string of the molecule is Cc1cc(Br)c(NC(=O)N2CC(C(C)C(=O)O)C2)c(Br)c1. The largest absolute Gasteiger partial charge is 0.481 e. The molecule has 1 fully saturated rings. The van der Waals surface area contributed by atoms with Gasteiger partial charge in [-0.3, -0.25) is 4.79 Å². The fraction of sp³-hybridized carbons (Fsp3) is 0.429. The van der Waals surface area contributed by atoms with Crippen molar-refractivity contribution >= 4 is 49.5 Å². The summed E-state index contributed by atoms with van der Waals surface area (Å²) in [5.41, 5.74) is 1.76. The summed E-state index contributed by atoms with van der Waals surface area (Å²) < 4.78 is 1.61. The lowest BCUT2D eigenvalue weighted by molar-refractivity contribution is -0.144. The van der Waals surface area contributed by atoms with Crippen molar-refractivity contribution in [1.29, 1.82) is 0 Å². The van der Waals surface area contributed by atoms with E-state index in [9.17, 15) is 9.59 Å². The second-order valence-corrected chi connectivity index (χ2v) is 7.03. The van der Waals surface area contributed by atoms with Crippen LogP contribution in [-0.2, 0) is 4.79 Å². The van der Waals surface area contributed by atoms with Gasteiger partial charge in [0.05, 0.1) is 11.6 Å². The van der Waals surface area contributed by atoms with E-state index >= 15 is 0 Å². The highest BCUT2D eigenvalue weighted by Gasteiger charge is 2.37. The van der Waals surface area contributed by atoms with E-state index in [4.69, 9.17) is 5.11 Å². The topological polar surface area (TPSA) is 69.6 Å². The number of hydrogen-bond donors (Lipinski definition) is 2. The van der Waals surface area contributed by atoms with Gasteiger partial charge >= 0.3 is 12.0 Å². The number of nitrogens with zero attached hydrogens (tertiary/aromatic N) is 1. The first kappa shape index (κ1) is 16.3. The lowest BCUT2D eigenvalue weighted by atomic mass is 9.87. The van der Waals surface area contributed by atoms with Gasteiger partial charge < -0.3 is 15.3 Å². The number of amides is 2. The van der Waals surface area contributed by atoms with Crippen molar-refractivity contribution in [2.24, 2.45) is 11.8 Å². The van der Waals surface area contributed by atoms with E-state index in [2.05, 4.69) is 37.2 Å². The highest BCUT2D eigenvalue weighted by Crippen LogP contribution is 2.33. The van der Waals surface area contributed by atoms with E-state index < -0.39 is 11.9 Å². The Morgan fingerprint density at radius 3 is 2.33 bits per heavy atom. The van der Waals surface area contributed by atoms with Crippen molar-refractivity contribution < 1.29 is 14.7 Å². The molecule has 21 heavy (non-hydrogen) atoms. The molecule has 7 heteroatoms. The van der Waals surface area contributed by atoms with Gasteiger partial charge in [0, 0.05) is 28.0 Å². The summed E-state index contributed by atoms with van der Waals surface area (Å²) in [6, 6.07) is 3.63. The molecule has 1 heterocycles. The Hall–Kier alpha value is -1.08. The number of benzene rings is 1. The molecule has 0 saturated carbocycles. The third-order valence-electron chi connectivity index (χ3n) is 3.71. The summed E-state index contributed by atoms with van der Waals surface area (Å²) >= 11 is 6.86. The molecular weight excluding hydrogens is 404 g/mol. The van der Waals surface area contributed by atoms with Crippen LogP contribution in [0.4, 0.5) is 10.5 Å². The molecule has 1 saturated heterocycles. The number of carbonyl (C=O) groups is 2. The molecule has 114 valence electrons. The van der Waals surface area contributed by atoms with E-state index in [0.717, 1.165) is 14.5 Å². The van der Waals surface area contributed by atoms with E-state index in [1.807, 2.05) is 19.1 Å². The Morgan fingerprint density at radius 1 is 1.33 bits per heavy atom. The average Bonchev–Trinajstić information content (AvgIpc) is 2.31. The third-order valence-corrected chi connectivity index (χ3v) is 4.96. The Kier molecular flexibility index (Phi) is 4.93. The highest BCUT2D eigenvalue weighted by atomic mass is 79.9. The van der Waals surface area contributed by atoms with E-state index in [-0.39, 0.29) is 11.9 Å². The van der Waals surface area contributed by atoms with Crippen LogP contribution in [-0.4, -0.2) is 35.1 Å². The van der Waals surface area contributed by atoms with Gasteiger partial charge in [0.15, 0.2) is 0 Å². The van der Waals surface area contributed by atoms with Crippen LogP contribution < -0.4 is 5.32 Å². The number of aliphatic carboxylic acids is 1. The maximum absolute atomic E-state index is 12.1. The number of aryl methyl sites for hydroxylation is 1. The Balaban J connectivity index is 1.97. The molecule has 2 rings (SSSR count). The molecule has 1 aliphatic heterocycles. The van der Waals surface area contributed by atoms with Gasteiger partial charge in [0.1, 0.15) is 0 Å². The van der Waals surface area contributed by atoms with Gasteiger partial charge in [0.25, 0.3) is 0 Å². The molecule has 0 bridgehead atoms. The van der Waals surface area contributed by atoms with Crippen molar-refractivity contribution in [3.63, 3.8) is 0 Å². The number of nitrogens with one attached hydrogen (secondary N) is 1. The van der Waals surface area contributed by atoms with Gasteiger partial charge in [-0.15, -0.1) is 0 Å². The third kappa shape index (κ3) is 3.58. The lowest BCUT2D eigenvalue weighted by Gasteiger charge is -2.41. The maximum atomic E-state index is 12.1.